The summed E-state index contributed by atoms with van der Waals surface area (Å²) in [7, 11) is 1.66. The summed E-state index contributed by atoms with van der Waals surface area (Å²) in [6, 6.07) is 14.7. The zero-order valence-electron chi connectivity index (χ0n) is 14.8. The molecule has 1 heterocycles. The summed E-state index contributed by atoms with van der Waals surface area (Å²) >= 11 is 0. The lowest BCUT2D eigenvalue weighted by Gasteiger charge is -2.34. The molecular weight excluding hydrogens is 328 g/mol. The van der Waals surface area contributed by atoms with E-state index in [0.29, 0.717) is 17.8 Å². The highest BCUT2D eigenvalue weighted by molar-refractivity contribution is 6.07. The van der Waals surface area contributed by atoms with Gasteiger partial charge in [-0.3, -0.25) is 9.59 Å². The first-order valence-corrected chi connectivity index (χ1v) is 8.56. The van der Waals surface area contributed by atoms with Crippen molar-refractivity contribution >= 4 is 23.2 Å². The van der Waals surface area contributed by atoms with Crippen LogP contribution in [0.25, 0.3) is 0 Å². The Balaban J connectivity index is 1.87. The second-order valence-electron chi connectivity index (χ2n) is 6.45. The van der Waals surface area contributed by atoms with Crippen molar-refractivity contribution in [1.29, 1.82) is 0 Å². The van der Waals surface area contributed by atoms with E-state index in [1.807, 2.05) is 24.3 Å². The van der Waals surface area contributed by atoms with Crippen LogP contribution in [0.1, 0.15) is 15.9 Å². The smallest absolute Gasteiger partial charge is 0.258 e. The lowest BCUT2D eigenvalue weighted by molar-refractivity contribution is -0.113. The van der Waals surface area contributed by atoms with Crippen molar-refractivity contribution in [2.45, 2.75) is 6.42 Å². The highest BCUT2D eigenvalue weighted by Crippen LogP contribution is 2.31. The van der Waals surface area contributed by atoms with Crippen molar-refractivity contribution < 1.29 is 14.7 Å². The molecule has 0 saturated carbocycles. The lowest BCUT2D eigenvalue weighted by atomic mass is 9.92. The molecule has 2 amide bonds. The first kappa shape index (κ1) is 17.9. The van der Waals surface area contributed by atoms with Crippen molar-refractivity contribution in [1.82, 2.24) is 0 Å². The van der Waals surface area contributed by atoms with Crippen LogP contribution in [0.2, 0.25) is 0 Å². The van der Waals surface area contributed by atoms with Gasteiger partial charge in [0.2, 0.25) is 5.91 Å². The zero-order chi connectivity index (χ0) is 18.7. The third-order valence-electron chi connectivity index (χ3n) is 4.74. The maximum atomic E-state index is 13.0. The summed E-state index contributed by atoms with van der Waals surface area (Å²) in [6.45, 7) is 4.01. The van der Waals surface area contributed by atoms with E-state index in [2.05, 4.69) is 6.58 Å². The largest absolute Gasteiger partial charge is 0.396 e. The quantitative estimate of drug-likeness (QED) is 0.863. The Morgan fingerprint density at radius 3 is 2.58 bits per heavy atom. The number of fused-ring (bicyclic) bond motifs is 1. The number of hydrogen-bond donors (Lipinski definition) is 1. The molecule has 1 unspecified atom stereocenters. The van der Waals surface area contributed by atoms with Crippen molar-refractivity contribution in [2.75, 3.05) is 30.0 Å². The van der Waals surface area contributed by atoms with Gasteiger partial charge in [0.25, 0.3) is 5.91 Å². The first-order valence-electron chi connectivity index (χ1n) is 8.56. The van der Waals surface area contributed by atoms with E-state index < -0.39 is 0 Å². The summed E-state index contributed by atoms with van der Waals surface area (Å²) < 4.78 is 0. The lowest BCUT2D eigenvalue weighted by Crippen LogP contribution is -2.41. The molecule has 1 aliphatic heterocycles. The number of nitrogens with zero attached hydrogens (tertiary/aromatic N) is 2. The van der Waals surface area contributed by atoms with Crippen LogP contribution in [-0.4, -0.2) is 37.1 Å². The predicted molar refractivity (Wildman–Crippen MR) is 102 cm³/mol. The summed E-state index contributed by atoms with van der Waals surface area (Å²) in [5, 5.41) is 9.58. The molecule has 0 bridgehead atoms. The van der Waals surface area contributed by atoms with Crippen molar-refractivity contribution in [3.05, 3.63) is 72.3 Å². The fraction of sp³-hybridized carbons (Fsp3) is 0.238. The van der Waals surface area contributed by atoms with Gasteiger partial charge in [-0.05, 0) is 48.4 Å². The first-order chi connectivity index (χ1) is 12.5. The van der Waals surface area contributed by atoms with Crippen molar-refractivity contribution in [2.24, 2.45) is 5.92 Å². The second-order valence-corrected chi connectivity index (χ2v) is 6.45. The summed E-state index contributed by atoms with van der Waals surface area (Å²) in [4.78, 5) is 27.9. The Bertz CT molecular complexity index is 829. The third-order valence-corrected chi connectivity index (χ3v) is 4.74. The van der Waals surface area contributed by atoms with E-state index in [1.54, 1.807) is 36.2 Å². The topological polar surface area (TPSA) is 60.9 Å². The summed E-state index contributed by atoms with van der Waals surface area (Å²) in [5.74, 6) is -0.288. The number of amides is 2. The Morgan fingerprint density at radius 1 is 1.23 bits per heavy atom. The number of rotatable bonds is 4. The molecule has 0 fully saturated rings. The number of likely N-dealkylation sites (N-methyl/N-ethyl adjacent to an activating group) is 1. The molecule has 1 atom stereocenters. The molecule has 1 N–H and O–H groups in total. The van der Waals surface area contributed by atoms with Gasteiger partial charge in [0.05, 0.1) is 0 Å². The Morgan fingerprint density at radius 2 is 1.92 bits per heavy atom. The van der Waals surface area contributed by atoms with Crippen molar-refractivity contribution in [3.63, 3.8) is 0 Å². The minimum Gasteiger partial charge on any atom is -0.396 e. The maximum absolute atomic E-state index is 13.0. The fourth-order valence-corrected chi connectivity index (χ4v) is 3.24. The molecule has 5 nitrogen and oxygen atoms in total. The average molecular weight is 350 g/mol. The number of anilines is 2. The normalized spacial score (nSPS) is 15.9. The number of carbonyl (C=O) groups is 2. The predicted octanol–water partition coefficient (Wildman–Crippen LogP) is 2.65. The number of benzene rings is 2. The molecule has 2 aromatic rings. The average Bonchev–Trinajstić information content (AvgIpc) is 2.71. The van der Waals surface area contributed by atoms with Gasteiger partial charge < -0.3 is 14.9 Å². The van der Waals surface area contributed by atoms with Crippen LogP contribution in [0, 0.1) is 5.92 Å². The molecule has 5 heteroatoms. The van der Waals surface area contributed by atoms with Gasteiger partial charge in [0.15, 0.2) is 0 Å². The number of hydrogen-bond acceptors (Lipinski definition) is 3. The van der Waals surface area contributed by atoms with Crippen LogP contribution in [0.5, 0.6) is 0 Å². The van der Waals surface area contributed by atoms with Crippen LogP contribution in [0.3, 0.4) is 0 Å². The monoisotopic (exact) mass is 350 g/mol. The van der Waals surface area contributed by atoms with Crippen LogP contribution < -0.4 is 9.80 Å². The molecule has 2 aromatic carbocycles. The number of carbonyl (C=O) groups excluding carboxylic acids is 2. The molecule has 26 heavy (non-hydrogen) atoms. The van der Waals surface area contributed by atoms with Gasteiger partial charge >= 0.3 is 0 Å². The standard InChI is InChI=1S/C21H22N2O3/c1-3-20(25)22(2)18-10-8-16(9-11-18)21(26)23-13-15(14-24)12-17-6-4-5-7-19(17)23/h3-11,15,24H,1,12-14H2,2H3. The summed E-state index contributed by atoms with van der Waals surface area (Å²) in [6.07, 6.45) is 2.02. The minimum atomic E-state index is -0.208. The molecule has 0 aromatic heterocycles. The second kappa shape index (κ2) is 7.54. The molecule has 0 radical (unpaired) electrons. The van der Waals surface area contributed by atoms with Crippen molar-refractivity contribution in [3.8, 4) is 0 Å². The Hall–Kier alpha value is -2.92. The highest BCUT2D eigenvalue weighted by atomic mass is 16.3. The van der Waals surface area contributed by atoms with Gasteiger partial charge in [0.1, 0.15) is 0 Å². The van der Waals surface area contributed by atoms with E-state index in [1.165, 1.54) is 11.0 Å². The minimum absolute atomic E-state index is 0.0319. The number of aliphatic hydroxyl groups excluding tert-OH is 1. The SMILES string of the molecule is C=CC(=O)N(C)c1ccc(C(=O)N2CC(CO)Cc3ccccc32)cc1. The summed E-state index contributed by atoms with van der Waals surface area (Å²) in [5.41, 5.74) is 3.20. The molecule has 0 saturated heterocycles. The molecular formula is C21H22N2O3. The maximum Gasteiger partial charge on any atom is 0.258 e. The van der Waals surface area contributed by atoms with E-state index >= 15 is 0 Å². The van der Waals surface area contributed by atoms with Crippen LogP contribution in [-0.2, 0) is 11.2 Å². The number of para-hydroxylation sites is 1. The van der Waals surface area contributed by atoms with Crippen LogP contribution >= 0.6 is 0 Å². The van der Waals surface area contributed by atoms with Gasteiger partial charge in [0, 0.05) is 43.1 Å². The van der Waals surface area contributed by atoms with E-state index in [0.717, 1.165) is 17.7 Å². The Kier molecular flexibility index (Phi) is 5.19. The van der Waals surface area contributed by atoms with E-state index in [-0.39, 0.29) is 24.3 Å². The van der Waals surface area contributed by atoms with Crippen LogP contribution in [0.4, 0.5) is 11.4 Å². The molecule has 1 aliphatic rings. The van der Waals surface area contributed by atoms with E-state index in [4.69, 9.17) is 0 Å². The van der Waals surface area contributed by atoms with E-state index in [9.17, 15) is 14.7 Å². The fourth-order valence-electron chi connectivity index (χ4n) is 3.24. The molecule has 3 rings (SSSR count). The van der Waals surface area contributed by atoms with Gasteiger partial charge in [-0.25, -0.2) is 0 Å². The van der Waals surface area contributed by atoms with Crippen LogP contribution in [0.15, 0.2) is 61.2 Å². The van der Waals surface area contributed by atoms with Gasteiger partial charge in [-0.1, -0.05) is 24.8 Å². The number of aliphatic hydroxyl groups is 1. The molecule has 134 valence electrons. The zero-order valence-corrected chi connectivity index (χ0v) is 14.8. The molecule has 0 spiro atoms. The highest BCUT2D eigenvalue weighted by Gasteiger charge is 2.28. The third kappa shape index (κ3) is 3.39. The molecule has 0 aliphatic carbocycles. The Labute approximate surface area is 153 Å². The van der Waals surface area contributed by atoms with Gasteiger partial charge in [-0.15, -0.1) is 0 Å². The van der Waals surface area contributed by atoms with Gasteiger partial charge in [-0.2, -0.15) is 0 Å².